The van der Waals surface area contributed by atoms with Gasteiger partial charge in [0, 0.05) is 39.0 Å². The molecule has 1 aromatic heterocycles. The molecule has 0 amide bonds. The van der Waals surface area contributed by atoms with Gasteiger partial charge >= 0.3 is 5.69 Å². The van der Waals surface area contributed by atoms with Crippen LogP contribution in [0.4, 0.5) is 21.7 Å². The van der Waals surface area contributed by atoms with Crippen molar-refractivity contribution in [2.24, 2.45) is 7.05 Å². The number of nitro groups is 1. The van der Waals surface area contributed by atoms with Crippen LogP contribution >= 0.6 is 0 Å². The minimum atomic E-state index is -0.857. The lowest BCUT2D eigenvalue weighted by molar-refractivity contribution is -0.387. The molecule has 0 radical (unpaired) electrons. The molecule has 2 aromatic rings. The van der Waals surface area contributed by atoms with E-state index in [1.165, 1.54) is 6.07 Å². The van der Waals surface area contributed by atoms with Gasteiger partial charge in [-0.15, -0.1) is 0 Å². The summed E-state index contributed by atoms with van der Waals surface area (Å²) in [7, 11) is 5.67. The Morgan fingerprint density at radius 2 is 2.19 bits per heavy atom. The third-order valence-corrected chi connectivity index (χ3v) is 3.08. The van der Waals surface area contributed by atoms with Gasteiger partial charge in [0.1, 0.15) is 0 Å². The van der Waals surface area contributed by atoms with Crippen molar-refractivity contribution < 1.29 is 9.31 Å². The molecule has 0 atom stereocenters. The lowest BCUT2D eigenvalue weighted by Crippen LogP contribution is -2.15. The van der Waals surface area contributed by atoms with E-state index in [-0.39, 0.29) is 0 Å². The highest BCUT2D eigenvalue weighted by molar-refractivity contribution is 5.49. The molecular formula is C13H16FN5O2. The fourth-order valence-electron chi connectivity index (χ4n) is 1.97. The Balaban J connectivity index is 2.10. The summed E-state index contributed by atoms with van der Waals surface area (Å²) in [6.45, 7) is 0.439. The van der Waals surface area contributed by atoms with Gasteiger partial charge in [0.25, 0.3) is 0 Å². The van der Waals surface area contributed by atoms with Gasteiger partial charge in [-0.25, -0.2) is 4.98 Å². The lowest BCUT2D eigenvalue weighted by atomic mass is 10.2. The van der Waals surface area contributed by atoms with Gasteiger partial charge in [0.2, 0.25) is 11.8 Å². The highest BCUT2D eigenvalue weighted by Crippen LogP contribution is 2.21. The number of aromatic nitrogens is 2. The molecule has 1 aromatic carbocycles. The van der Waals surface area contributed by atoms with Crippen LogP contribution in [0.2, 0.25) is 0 Å². The number of anilines is 2. The quantitative estimate of drug-likeness (QED) is 0.675. The molecule has 0 saturated carbocycles. The molecule has 0 unspecified atom stereocenters. The zero-order valence-electron chi connectivity index (χ0n) is 12.0. The first-order valence-electron chi connectivity index (χ1n) is 6.26. The maximum atomic E-state index is 13.5. The van der Waals surface area contributed by atoms with Gasteiger partial charge in [-0.05, 0) is 6.07 Å². The average Bonchev–Trinajstić information content (AvgIpc) is 2.77. The van der Waals surface area contributed by atoms with Gasteiger partial charge in [0.05, 0.1) is 23.4 Å². The first-order valence-corrected chi connectivity index (χ1v) is 6.26. The Kier molecular flexibility index (Phi) is 4.06. The Labute approximate surface area is 121 Å². The molecule has 8 heteroatoms. The SMILES string of the molecule is CN(C)c1ncc(CNc2ccc([N+](=O)[O-])c(F)c2)n1C. The summed E-state index contributed by atoms with van der Waals surface area (Å²) >= 11 is 0. The Hall–Kier alpha value is -2.64. The second-order valence-electron chi connectivity index (χ2n) is 4.78. The van der Waals surface area contributed by atoms with Crippen molar-refractivity contribution in [3.05, 3.63) is 46.0 Å². The maximum absolute atomic E-state index is 13.5. The number of rotatable bonds is 5. The number of nitrogens with one attached hydrogen (secondary N) is 1. The third kappa shape index (κ3) is 3.10. The molecule has 21 heavy (non-hydrogen) atoms. The molecule has 1 heterocycles. The summed E-state index contributed by atoms with van der Waals surface area (Å²) in [6.07, 6.45) is 1.73. The molecular weight excluding hydrogens is 277 g/mol. The van der Waals surface area contributed by atoms with Crippen LogP contribution in [0.25, 0.3) is 0 Å². The summed E-state index contributed by atoms with van der Waals surface area (Å²) in [4.78, 5) is 16.0. The minimum Gasteiger partial charge on any atom is -0.379 e. The predicted molar refractivity (Wildman–Crippen MR) is 77.9 cm³/mol. The standard InChI is InChI=1S/C13H16FN5O2/c1-17(2)13-16-8-10(18(13)3)7-15-9-4-5-12(19(20)21)11(14)6-9/h4-6,8,15H,7H2,1-3H3. The number of nitrogens with zero attached hydrogens (tertiary/aromatic N) is 4. The summed E-state index contributed by atoms with van der Waals surface area (Å²) in [5.74, 6) is -0.0503. The van der Waals surface area contributed by atoms with Crippen molar-refractivity contribution in [2.45, 2.75) is 6.54 Å². The summed E-state index contributed by atoms with van der Waals surface area (Å²) < 4.78 is 15.4. The number of hydrogen-bond donors (Lipinski definition) is 1. The van der Waals surface area contributed by atoms with Crippen molar-refractivity contribution in [3.8, 4) is 0 Å². The van der Waals surface area contributed by atoms with E-state index in [0.29, 0.717) is 12.2 Å². The van der Waals surface area contributed by atoms with E-state index in [0.717, 1.165) is 23.8 Å². The van der Waals surface area contributed by atoms with Crippen LogP contribution in [-0.4, -0.2) is 28.6 Å². The number of nitro benzene ring substituents is 1. The van der Waals surface area contributed by atoms with Gasteiger partial charge in [-0.3, -0.25) is 10.1 Å². The minimum absolute atomic E-state index is 0.439. The lowest BCUT2D eigenvalue weighted by Gasteiger charge is -2.13. The molecule has 112 valence electrons. The molecule has 0 aliphatic heterocycles. The molecule has 0 aliphatic carbocycles. The van der Waals surface area contributed by atoms with Crippen LogP contribution in [0.5, 0.6) is 0 Å². The van der Waals surface area contributed by atoms with E-state index < -0.39 is 16.4 Å². The fraction of sp³-hybridized carbons (Fsp3) is 0.308. The van der Waals surface area contributed by atoms with Crippen LogP contribution in [0.15, 0.2) is 24.4 Å². The number of halogens is 1. The highest BCUT2D eigenvalue weighted by Gasteiger charge is 2.14. The molecule has 0 spiro atoms. The topological polar surface area (TPSA) is 76.2 Å². The summed E-state index contributed by atoms with van der Waals surface area (Å²) in [5, 5.41) is 13.6. The average molecular weight is 293 g/mol. The van der Waals surface area contributed by atoms with Crippen molar-refractivity contribution >= 4 is 17.3 Å². The van der Waals surface area contributed by atoms with E-state index in [4.69, 9.17) is 0 Å². The zero-order chi connectivity index (χ0) is 15.6. The van der Waals surface area contributed by atoms with Crippen LogP contribution in [0, 0.1) is 15.9 Å². The maximum Gasteiger partial charge on any atom is 0.304 e. The van der Waals surface area contributed by atoms with Gasteiger partial charge < -0.3 is 14.8 Å². The van der Waals surface area contributed by atoms with Crippen molar-refractivity contribution in [3.63, 3.8) is 0 Å². The summed E-state index contributed by atoms with van der Waals surface area (Å²) in [6, 6.07) is 3.73. The van der Waals surface area contributed by atoms with Gasteiger partial charge in [-0.2, -0.15) is 4.39 Å². The van der Waals surface area contributed by atoms with E-state index in [1.807, 2.05) is 30.6 Å². The number of imidazole rings is 1. The van der Waals surface area contributed by atoms with Crippen molar-refractivity contribution in [1.29, 1.82) is 0 Å². The smallest absolute Gasteiger partial charge is 0.304 e. The zero-order valence-corrected chi connectivity index (χ0v) is 12.0. The van der Waals surface area contributed by atoms with Crippen LogP contribution in [0.1, 0.15) is 5.69 Å². The third-order valence-electron chi connectivity index (χ3n) is 3.08. The number of hydrogen-bond acceptors (Lipinski definition) is 5. The van der Waals surface area contributed by atoms with E-state index >= 15 is 0 Å². The van der Waals surface area contributed by atoms with Crippen molar-refractivity contribution in [1.82, 2.24) is 9.55 Å². The van der Waals surface area contributed by atoms with Crippen molar-refractivity contribution in [2.75, 3.05) is 24.3 Å². The first kappa shape index (κ1) is 14.8. The Bertz CT molecular complexity index is 669. The van der Waals surface area contributed by atoms with E-state index in [1.54, 1.807) is 6.20 Å². The predicted octanol–water partition coefficient (Wildman–Crippen LogP) is 2.15. The Morgan fingerprint density at radius 1 is 1.48 bits per heavy atom. The molecule has 0 aliphatic rings. The largest absolute Gasteiger partial charge is 0.379 e. The normalized spacial score (nSPS) is 10.5. The van der Waals surface area contributed by atoms with Crippen LogP contribution in [0.3, 0.4) is 0 Å². The van der Waals surface area contributed by atoms with Gasteiger partial charge in [0.15, 0.2) is 0 Å². The molecule has 0 bridgehead atoms. The second kappa shape index (κ2) is 5.78. The van der Waals surface area contributed by atoms with Crippen LogP contribution < -0.4 is 10.2 Å². The second-order valence-corrected chi connectivity index (χ2v) is 4.78. The summed E-state index contributed by atoms with van der Waals surface area (Å²) in [5.41, 5.74) is 0.860. The fourth-order valence-corrected chi connectivity index (χ4v) is 1.97. The van der Waals surface area contributed by atoms with Crippen LogP contribution in [-0.2, 0) is 13.6 Å². The molecule has 7 nitrogen and oxygen atoms in total. The highest BCUT2D eigenvalue weighted by atomic mass is 19.1. The molecule has 0 fully saturated rings. The molecule has 0 saturated heterocycles. The first-order chi connectivity index (χ1) is 9.90. The van der Waals surface area contributed by atoms with Gasteiger partial charge in [-0.1, -0.05) is 0 Å². The van der Waals surface area contributed by atoms with E-state index in [9.17, 15) is 14.5 Å². The molecule has 2 rings (SSSR count). The number of benzene rings is 1. The van der Waals surface area contributed by atoms with E-state index in [2.05, 4.69) is 10.3 Å². The Morgan fingerprint density at radius 3 is 2.71 bits per heavy atom. The monoisotopic (exact) mass is 293 g/mol. The molecule has 1 N–H and O–H groups in total.